The number of pyridine rings is 1. The minimum Gasteiger partial charge on any atom is -0.507 e. The molecule has 8 rings (SSSR count). The lowest BCUT2D eigenvalue weighted by Crippen LogP contribution is -2.36. The number of allylic oxidation sites excluding steroid dienone is 1. The number of para-hydroxylation sites is 1. The van der Waals surface area contributed by atoms with E-state index in [4.69, 9.17) is 0 Å². The van der Waals surface area contributed by atoms with Crippen LogP contribution < -0.4 is 4.57 Å². The van der Waals surface area contributed by atoms with Crippen molar-refractivity contribution in [2.24, 2.45) is 0 Å². The molecule has 0 saturated heterocycles. The summed E-state index contributed by atoms with van der Waals surface area (Å²) in [5, 5.41) is 23.6. The molecule has 0 atom stereocenters. The molecule has 0 unspecified atom stereocenters. The minimum atomic E-state index is -0.377. The molecule has 0 bridgehead atoms. The monoisotopic (exact) mass is 705 g/mol. The highest BCUT2D eigenvalue weighted by Gasteiger charge is 2.42. The van der Waals surface area contributed by atoms with Crippen LogP contribution in [0.2, 0.25) is 0 Å². The van der Waals surface area contributed by atoms with Crippen molar-refractivity contribution in [3.63, 3.8) is 0 Å². The summed E-state index contributed by atoms with van der Waals surface area (Å²) in [6, 6.07) is 54.0. The number of hydrogen-bond donors (Lipinski definition) is 1. The molecule has 1 aromatic heterocycles. The lowest BCUT2D eigenvalue weighted by molar-refractivity contribution is -0.572. The van der Waals surface area contributed by atoms with Crippen LogP contribution in [0.3, 0.4) is 0 Å². The van der Waals surface area contributed by atoms with E-state index in [2.05, 4.69) is 109 Å². The number of rotatable bonds is 8. The molecule has 7 aromatic rings. The van der Waals surface area contributed by atoms with Gasteiger partial charge in [0, 0.05) is 76.4 Å². The molecular formula is C48H39N3O3+2. The van der Waals surface area contributed by atoms with Crippen LogP contribution >= 0.6 is 0 Å². The van der Waals surface area contributed by atoms with Gasteiger partial charge in [-0.1, -0.05) is 84.9 Å². The van der Waals surface area contributed by atoms with Crippen LogP contribution in [0.15, 0.2) is 170 Å². The Bertz CT molecular complexity index is 2530. The smallest absolute Gasteiger partial charge is 0.269 e. The molecule has 0 saturated carbocycles. The van der Waals surface area contributed by atoms with Crippen molar-refractivity contribution in [3.8, 4) is 56.2 Å². The number of aromatic nitrogens is 1. The largest absolute Gasteiger partial charge is 0.507 e. The van der Waals surface area contributed by atoms with Crippen LogP contribution in [-0.4, -0.2) is 27.4 Å². The van der Waals surface area contributed by atoms with Gasteiger partial charge in [-0.2, -0.15) is 9.14 Å². The first-order valence-electron chi connectivity index (χ1n) is 18.0. The van der Waals surface area contributed by atoms with E-state index in [0.717, 1.165) is 50.6 Å². The number of benzene rings is 6. The zero-order chi connectivity index (χ0) is 37.4. The molecule has 6 aromatic carbocycles. The zero-order valence-electron chi connectivity index (χ0n) is 30.3. The summed E-state index contributed by atoms with van der Waals surface area (Å²) >= 11 is 0. The lowest BCUT2D eigenvalue weighted by atomic mass is 9.81. The van der Waals surface area contributed by atoms with Crippen LogP contribution in [0.1, 0.15) is 25.0 Å². The Hall–Kier alpha value is -6.92. The fourth-order valence-corrected chi connectivity index (χ4v) is 7.66. The highest BCUT2D eigenvalue weighted by molar-refractivity contribution is 6.05. The molecule has 0 fully saturated rings. The highest BCUT2D eigenvalue weighted by Crippen LogP contribution is 2.41. The van der Waals surface area contributed by atoms with E-state index < -0.39 is 0 Å². The van der Waals surface area contributed by atoms with Gasteiger partial charge in [0.15, 0.2) is 5.71 Å². The van der Waals surface area contributed by atoms with Gasteiger partial charge in [-0.15, -0.1) is 0 Å². The molecule has 0 spiro atoms. The Balaban J connectivity index is 1.40. The second-order valence-electron chi connectivity index (χ2n) is 14.1. The maximum Gasteiger partial charge on any atom is 0.269 e. The first kappa shape index (κ1) is 34.2. The van der Waals surface area contributed by atoms with Gasteiger partial charge in [0.05, 0.1) is 10.3 Å². The number of hydrogen-bond acceptors (Lipinski definition) is 3. The maximum atomic E-state index is 12.1. The summed E-state index contributed by atoms with van der Waals surface area (Å²) in [4.78, 5) is 11.1. The highest BCUT2D eigenvalue weighted by atomic mass is 16.6. The third-order valence-corrected chi connectivity index (χ3v) is 10.4. The van der Waals surface area contributed by atoms with Crippen molar-refractivity contribution < 1.29 is 19.2 Å². The first-order valence-corrected chi connectivity index (χ1v) is 18.0. The molecule has 262 valence electrons. The molecule has 1 N–H and O–H groups in total. The number of nitro groups is 1. The molecular weight excluding hydrogens is 667 g/mol. The Kier molecular flexibility index (Phi) is 8.80. The SMILES string of the molecule is C[N+]1=C(/C=C\c2cc(-[n+]3c(-c4ccccc4)cc(-c4ccc([N+](=O)[O-])cc4)cc3-c3ccccc3)cc(-c3ccccc3)c2O)C(C)(C)c2ccccc21. The maximum absolute atomic E-state index is 12.1. The quantitative estimate of drug-likeness (QED) is 0.0972. The summed E-state index contributed by atoms with van der Waals surface area (Å²) in [6.07, 6.45) is 4.16. The van der Waals surface area contributed by atoms with E-state index >= 15 is 0 Å². The van der Waals surface area contributed by atoms with Crippen LogP contribution in [0, 0.1) is 10.1 Å². The molecule has 0 aliphatic carbocycles. The Labute approximate surface area is 315 Å². The standard InChI is InChI=1S/C48H38N3O3/c1-48(2)42-21-13-14-22-43(42)49(3)46(48)28-25-37-29-40(32-41(47(37)52)34-15-7-4-8-16-34)50-44(35-17-9-5-10-18-35)30-38(31-45(50)36-19-11-6-12-20-36)33-23-26-39(27-24-33)51(53)54/h4-32H,1-3H3/q+1/p+1. The predicted molar refractivity (Wildman–Crippen MR) is 217 cm³/mol. The lowest BCUT2D eigenvalue weighted by Gasteiger charge is -2.16. The van der Waals surface area contributed by atoms with Crippen molar-refractivity contribution >= 4 is 23.2 Å². The fraction of sp³-hybridized carbons (Fsp3) is 0.0833. The number of nitro benzene ring substituents is 1. The molecule has 6 nitrogen and oxygen atoms in total. The van der Waals surface area contributed by atoms with Crippen molar-refractivity contribution in [2.45, 2.75) is 19.3 Å². The van der Waals surface area contributed by atoms with Gasteiger partial charge < -0.3 is 5.11 Å². The number of nitrogens with zero attached hydrogens (tertiary/aromatic N) is 3. The van der Waals surface area contributed by atoms with Gasteiger partial charge in [-0.05, 0) is 73.0 Å². The number of aromatic hydroxyl groups is 1. The van der Waals surface area contributed by atoms with Crippen LogP contribution in [0.4, 0.5) is 11.4 Å². The van der Waals surface area contributed by atoms with E-state index in [-0.39, 0.29) is 21.8 Å². The summed E-state index contributed by atoms with van der Waals surface area (Å²) in [7, 11) is 2.10. The Morgan fingerprint density at radius 2 is 1.15 bits per heavy atom. The zero-order valence-corrected chi connectivity index (χ0v) is 30.3. The van der Waals surface area contributed by atoms with E-state index in [1.807, 2.05) is 72.8 Å². The molecule has 1 aliphatic heterocycles. The van der Waals surface area contributed by atoms with Crippen LogP contribution in [0.5, 0.6) is 5.75 Å². The van der Waals surface area contributed by atoms with Crippen LogP contribution in [-0.2, 0) is 5.41 Å². The minimum absolute atomic E-state index is 0.0451. The van der Waals surface area contributed by atoms with Gasteiger partial charge in [0.25, 0.3) is 5.69 Å². The van der Waals surface area contributed by atoms with Gasteiger partial charge >= 0.3 is 0 Å². The Morgan fingerprint density at radius 3 is 1.70 bits per heavy atom. The van der Waals surface area contributed by atoms with Gasteiger partial charge in [0.2, 0.25) is 22.8 Å². The Morgan fingerprint density at radius 1 is 0.611 bits per heavy atom. The number of non-ortho nitro benzene ring substituents is 1. The van der Waals surface area contributed by atoms with Crippen molar-refractivity contribution in [2.75, 3.05) is 7.05 Å². The topological polar surface area (TPSA) is 70.3 Å². The fourth-order valence-electron chi connectivity index (χ4n) is 7.66. The summed E-state index contributed by atoms with van der Waals surface area (Å²) in [5.74, 6) is 0.198. The molecule has 0 amide bonds. The second kappa shape index (κ2) is 13.9. The first-order chi connectivity index (χ1) is 26.2. The van der Waals surface area contributed by atoms with E-state index in [1.165, 1.54) is 11.3 Å². The summed E-state index contributed by atoms with van der Waals surface area (Å²) in [5.41, 5.74) is 12.2. The van der Waals surface area contributed by atoms with E-state index in [9.17, 15) is 15.2 Å². The molecule has 1 aliphatic rings. The summed E-state index contributed by atoms with van der Waals surface area (Å²) in [6.45, 7) is 4.47. The third kappa shape index (κ3) is 6.18. The van der Waals surface area contributed by atoms with Crippen molar-refractivity contribution in [3.05, 3.63) is 191 Å². The second-order valence-corrected chi connectivity index (χ2v) is 14.1. The number of phenolic OH excluding ortho intramolecular Hbond substituents is 1. The van der Waals surface area contributed by atoms with Crippen LogP contribution in [0.25, 0.3) is 56.5 Å². The molecule has 6 heteroatoms. The normalized spacial score (nSPS) is 13.3. The average molecular weight is 706 g/mol. The van der Waals surface area contributed by atoms with E-state index in [0.29, 0.717) is 11.1 Å². The molecule has 54 heavy (non-hydrogen) atoms. The number of phenols is 1. The van der Waals surface area contributed by atoms with Crippen molar-refractivity contribution in [1.82, 2.24) is 0 Å². The molecule has 2 heterocycles. The van der Waals surface area contributed by atoms with Crippen molar-refractivity contribution in [1.29, 1.82) is 0 Å². The van der Waals surface area contributed by atoms with E-state index in [1.54, 1.807) is 24.3 Å². The average Bonchev–Trinajstić information content (AvgIpc) is 3.41. The van der Waals surface area contributed by atoms with Gasteiger partial charge in [-0.3, -0.25) is 10.1 Å². The van der Waals surface area contributed by atoms with Gasteiger partial charge in [0.1, 0.15) is 12.8 Å². The number of fused-ring (bicyclic) bond motifs is 1. The third-order valence-electron chi connectivity index (χ3n) is 10.4. The molecule has 0 radical (unpaired) electrons. The summed E-state index contributed by atoms with van der Waals surface area (Å²) < 4.78 is 4.48. The predicted octanol–water partition coefficient (Wildman–Crippen LogP) is 11.0. The van der Waals surface area contributed by atoms with Gasteiger partial charge in [-0.25, -0.2) is 0 Å².